The van der Waals surface area contributed by atoms with Crippen LogP contribution in [0.4, 0.5) is 10.1 Å². The zero-order valence-electron chi connectivity index (χ0n) is 24.9. The molecule has 0 bridgehead atoms. The van der Waals surface area contributed by atoms with Gasteiger partial charge in [0, 0.05) is 42.4 Å². The van der Waals surface area contributed by atoms with Crippen LogP contribution in [0.2, 0.25) is 5.02 Å². The topological polar surface area (TPSA) is 107 Å². The number of carboxylic acids is 1. The van der Waals surface area contributed by atoms with Crippen LogP contribution in [0.5, 0.6) is 17.2 Å². The summed E-state index contributed by atoms with van der Waals surface area (Å²) in [4.78, 5) is 28.4. The van der Waals surface area contributed by atoms with Crippen LogP contribution in [0.3, 0.4) is 0 Å². The first-order chi connectivity index (χ1) is 21.2. The molecule has 3 aromatic carbocycles. The number of nitrogens with zero attached hydrogens (tertiary/aromatic N) is 1. The van der Waals surface area contributed by atoms with Gasteiger partial charge in [-0.1, -0.05) is 37.6 Å². The monoisotopic (exact) mass is 626 g/mol. The Morgan fingerprint density at radius 1 is 1.05 bits per heavy atom. The van der Waals surface area contributed by atoms with Crippen molar-refractivity contribution in [1.82, 2.24) is 4.90 Å². The molecular weight excluding hydrogens is 591 g/mol. The van der Waals surface area contributed by atoms with Crippen LogP contribution in [0.1, 0.15) is 48.1 Å². The molecule has 3 aromatic rings. The van der Waals surface area contributed by atoms with E-state index in [4.69, 9.17) is 30.5 Å². The third-order valence-corrected chi connectivity index (χ3v) is 8.41. The number of ether oxygens (including phenoxy) is 4. The number of fused-ring (bicyclic) bond motifs is 1. The lowest BCUT2D eigenvalue weighted by Crippen LogP contribution is -2.35. The number of anilines is 1. The second kappa shape index (κ2) is 13.8. The highest BCUT2D eigenvalue weighted by Gasteiger charge is 2.49. The minimum atomic E-state index is -1.10. The van der Waals surface area contributed by atoms with Gasteiger partial charge < -0.3 is 29.4 Å². The fourth-order valence-corrected chi connectivity index (χ4v) is 6.40. The number of amides is 1. The van der Waals surface area contributed by atoms with Gasteiger partial charge in [-0.2, -0.15) is 0 Å². The van der Waals surface area contributed by atoms with Crippen molar-refractivity contribution in [2.24, 2.45) is 5.92 Å². The number of methoxy groups -OCH3 is 1. The second-order valence-corrected chi connectivity index (χ2v) is 11.3. The number of halogens is 2. The van der Waals surface area contributed by atoms with Gasteiger partial charge in [0.15, 0.2) is 11.5 Å². The SMILES string of the molecule is CCc1cc(Cl)cc(CC)c1NC(=O)CN1C[C@H](c2cc3c(cc2F)OCO3)C(C(=O)O)[C@@H]1c1ccc(OCCOC)cc1. The van der Waals surface area contributed by atoms with Gasteiger partial charge >= 0.3 is 5.97 Å². The normalized spacial score (nSPS) is 19.2. The van der Waals surface area contributed by atoms with Crippen molar-refractivity contribution in [2.75, 3.05) is 45.5 Å². The molecule has 44 heavy (non-hydrogen) atoms. The highest BCUT2D eigenvalue weighted by molar-refractivity contribution is 6.30. The van der Waals surface area contributed by atoms with Gasteiger partial charge in [0.2, 0.25) is 12.7 Å². The third-order valence-electron chi connectivity index (χ3n) is 8.19. The molecule has 1 saturated heterocycles. The van der Waals surface area contributed by atoms with Crippen LogP contribution >= 0.6 is 11.6 Å². The second-order valence-electron chi connectivity index (χ2n) is 10.8. The van der Waals surface area contributed by atoms with Gasteiger partial charge in [-0.05, 0) is 65.4 Å². The Kier molecular flexibility index (Phi) is 9.93. The van der Waals surface area contributed by atoms with E-state index in [1.165, 1.54) is 12.1 Å². The van der Waals surface area contributed by atoms with Crippen LogP contribution in [0.25, 0.3) is 0 Å². The zero-order valence-corrected chi connectivity index (χ0v) is 25.7. The summed E-state index contributed by atoms with van der Waals surface area (Å²) < 4.78 is 37.0. The highest BCUT2D eigenvalue weighted by atomic mass is 35.5. The van der Waals surface area contributed by atoms with Gasteiger partial charge in [-0.25, -0.2) is 4.39 Å². The minimum Gasteiger partial charge on any atom is -0.491 e. The molecule has 0 aromatic heterocycles. The summed E-state index contributed by atoms with van der Waals surface area (Å²) in [5.41, 5.74) is 3.41. The maximum Gasteiger partial charge on any atom is 0.309 e. The van der Waals surface area contributed by atoms with Crippen LogP contribution in [-0.4, -0.2) is 62.1 Å². The summed E-state index contributed by atoms with van der Waals surface area (Å²) in [6.45, 7) is 4.73. The van der Waals surface area contributed by atoms with Crippen molar-refractivity contribution in [1.29, 1.82) is 0 Å². The van der Waals surface area contributed by atoms with Crippen LogP contribution in [0.15, 0.2) is 48.5 Å². The van der Waals surface area contributed by atoms with E-state index < -0.39 is 29.7 Å². The van der Waals surface area contributed by atoms with Crippen LogP contribution in [-0.2, 0) is 27.2 Å². The lowest BCUT2D eigenvalue weighted by molar-refractivity contribution is -0.143. The summed E-state index contributed by atoms with van der Waals surface area (Å²) >= 11 is 6.32. The van der Waals surface area contributed by atoms with E-state index in [-0.39, 0.29) is 37.1 Å². The Bertz CT molecular complexity index is 1490. The molecule has 234 valence electrons. The van der Waals surface area contributed by atoms with Crippen molar-refractivity contribution in [2.45, 2.75) is 38.6 Å². The number of hydrogen-bond donors (Lipinski definition) is 2. The zero-order chi connectivity index (χ0) is 31.4. The Labute approximate surface area is 260 Å². The van der Waals surface area contributed by atoms with Crippen LogP contribution < -0.4 is 19.5 Å². The van der Waals surface area contributed by atoms with Gasteiger partial charge in [-0.3, -0.25) is 14.5 Å². The highest BCUT2D eigenvalue weighted by Crippen LogP contribution is 2.48. The maximum absolute atomic E-state index is 15.5. The Morgan fingerprint density at radius 3 is 2.32 bits per heavy atom. The first kappa shape index (κ1) is 31.6. The fraction of sp³-hybridized carbons (Fsp3) is 0.394. The van der Waals surface area contributed by atoms with E-state index in [1.807, 2.05) is 26.0 Å². The molecule has 0 spiro atoms. The molecule has 1 unspecified atom stereocenters. The van der Waals surface area contributed by atoms with Crippen molar-refractivity contribution in [3.63, 3.8) is 0 Å². The van der Waals surface area contributed by atoms with Gasteiger partial charge in [0.05, 0.1) is 19.1 Å². The van der Waals surface area contributed by atoms with Gasteiger partial charge in [0.1, 0.15) is 18.2 Å². The van der Waals surface area contributed by atoms with E-state index in [9.17, 15) is 14.7 Å². The molecule has 5 rings (SSSR count). The molecule has 3 atom stereocenters. The average molecular weight is 627 g/mol. The lowest BCUT2D eigenvalue weighted by Gasteiger charge is -2.27. The number of nitrogens with one attached hydrogen (secondary N) is 1. The third kappa shape index (κ3) is 6.62. The smallest absolute Gasteiger partial charge is 0.309 e. The van der Waals surface area contributed by atoms with E-state index >= 15 is 4.39 Å². The molecule has 0 radical (unpaired) electrons. The lowest BCUT2D eigenvalue weighted by atomic mass is 9.82. The number of carboxylic acid groups (broad SMARTS) is 1. The largest absolute Gasteiger partial charge is 0.491 e. The quantitative estimate of drug-likeness (QED) is 0.242. The van der Waals surface area contributed by atoms with Crippen molar-refractivity contribution >= 4 is 29.2 Å². The molecule has 0 aliphatic carbocycles. The number of aryl methyl sites for hydroxylation is 2. The van der Waals surface area contributed by atoms with Gasteiger partial charge in [-0.15, -0.1) is 0 Å². The van der Waals surface area contributed by atoms with E-state index in [0.29, 0.717) is 53.8 Å². The number of benzene rings is 3. The molecule has 0 saturated carbocycles. The van der Waals surface area contributed by atoms with E-state index in [0.717, 1.165) is 11.1 Å². The standard InChI is InChI=1S/C33H36ClFN2O7/c1-4-19-12-22(34)13-20(5-2)31(19)36-29(38)17-37-16-25(24-14-27-28(15-26(24)35)44-18-43-27)30(33(39)40)32(37)21-6-8-23(9-7-21)42-11-10-41-3/h6-9,12-15,25,30,32H,4-5,10-11,16-18H2,1-3H3,(H,36,38)(H,39,40)/t25-,30?,32+/m1/s1. The summed E-state index contributed by atoms with van der Waals surface area (Å²) in [5, 5.41) is 14.2. The first-order valence-corrected chi connectivity index (χ1v) is 15.0. The molecule has 2 aliphatic heterocycles. The van der Waals surface area contributed by atoms with E-state index in [1.54, 1.807) is 36.3 Å². The van der Waals surface area contributed by atoms with Crippen LogP contribution in [0, 0.1) is 11.7 Å². The van der Waals surface area contributed by atoms with E-state index in [2.05, 4.69) is 5.32 Å². The molecule has 2 aliphatic rings. The Balaban J connectivity index is 1.49. The Hall–Kier alpha value is -3.86. The number of carbonyl (C=O) groups is 2. The number of carbonyl (C=O) groups excluding carboxylic acids is 1. The van der Waals surface area contributed by atoms with Crippen molar-refractivity contribution < 1.29 is 38.0 Å². The number of aliphatic carboxylic acids is 1. The van der Waals surface area contributed by atoms with Crippen molar-refractivity contribution in [3.8, 4) is 17.2 Å². The van der Waals surface area contributed by atoms with Gasteiger partial charge in [0.25, 0.3) is 0 Å². The molecule has 1 amide bonds. The summed E-state index contributed by atoms with van der Waals surface area (Å²) in [6, 6.07) is 12.8. The average Bonchev–Trinajstić information content (AvgIpc) is 3.61. The fourth-order valence-electron chi connectivity index (χ4n) is 6.13. The predicted octanol–water partition coefficient (Wildman–Crippen LogP) is 5.84. The Morgan fingerprint density at radius 2 is 1.70 bits per heavy atom. The molecule has 2 heterocycles. The number of hydrogen-bond acceptors (Lipinski definition) is 7. The first-order valence-electron chi connectivity index (χ1n) is 14.6. The van der Waals surface area contributed by atoms with Crippen molar-refractivity contribution in [3.05, 3.63) is 81.6 Å². The molecule has 9 nitrogen and oxygen atoms in total. The number of rotatable bonds is 12. The molecule has 1 fully saturated rings. The summed E-state index contributed by atoms with van der Waals surface area (Å²) in [6.07, 6.45) is 1.34. The summed E-state index contributed by atoms with van der Waals surface area (Å²) in [7, 11) is 1.59. The molecular formula is C33H36ClFN2O7. The predicted molar refractivity (Wildman–Crippen MR) is 163 cm³/mol. The summed E-state index contributed by atoms with van der Waals surface area (Å²) in [5.74, 6) is -2.60. The molecule has 2 N–H and O–H groups in total. The minimum absolute atomic E-state index is 0.0385. The number of likely N-dealkylation sites (tertiary alicyclic amines) is 1. The maximum atomic E-state index is 15.5. The molecule has 11 heteroatoms.